The Morgan fingerprint density at radius 2 is 2.14 bits per heavy atom. The summed E-state index contributed by atoms with van der Waals surface area (Å²) in [7, 11) is 0. The molecule has 3 heterocycles. The third-order valence-corrected chi connectivity index (χ3v) is 5.65. The van der Waals surface area contributed by atoms with Crippen molar-refractivity contribution in [3.8, 4) is 0 Å². The second kappa shape index (κ2) is 7.07. The molecule has 0 atom stereocenters. The van der Waals surface area contributed by atoms with Gasteiger partial charge in [0.2, 0.25) is 5.91 Å². The molecule has 0 spiro atoms. The Bertz CT molecular complexity index is 649. The Morgan fingerprint density at radius 3 is 2.95 bits per heavy atom. The molecule has 22 heavy (non-hydrogen) atoms. The van der Waals surface area contributed by atoms with Gasteiger partial charge in [0.05, 0.1) is 4.88 Å². The highest BCUT2D eigenvalue weighted by molar-refractivity contribution is 7.12. The molecule has 0 saturated heterocycles. The van der Waals surface area contributed by atoms with Crippen molar-refractivity contribution in [2.24, 2.45) is 0 Å². The Balaban J connectivity index is 1.39. The van der Waals surface area contributed by atoms with Gasteiger partial charge in [-0.1, -0.05) is 6.07 Å². The number of nitrogens with zero attached hydrogens (tertiary/aromatic N) is 1. The smallest absolute Gasteiger partial charge is 0.261 e. The second-order valence-corrected chi connectivity index (χ2v) is 7.22. The van der Waals surface area contributed by atoms with Crippen molar-refractivity contribution in [1.82, 2.24) is 10.2 Å². The first-order valence-corrected chi connectivity index (χ1v) is 9.14. The van der Waals surface area contributed by atoms with Crippen LogP contribution in [0.3, 0.4) is 0 Å². The second-order valence-electron chi connectivity index (χ2n) is 5.27. The van der Waals surface area contributed by atoms with Gasteiger partial charge in [-0.05, 0) is 41.3 Å². The van der Waals surface area contributed by atoms with Crippen LogP contribution in [-0.2, 0) is 17.8 Å². The monoisotopic (exact) mass is 334 g/mol. The molecular weight excluding hydrogens is 316 g/mol. The average molecular weight is 334 g/mol. The Labute approximate surface area is 137 Å². The van der Waals surface area contributed by atoms with Crippen molar-refractivity contribution in [1.29, 1.82) is 0 Å². The van der Waals surface area contributed by atoms with Crippen LogP contribution in [-0.4, -0.2) is 29.8 Å². The van der Waals surface area contributed by atoms with Gasteiger partial charge >= 0.3 is 0 Å². The van der Waals surface area contributed by atoms with Crippen molar-refractivity contribution in [2.75, 3.05) is 13.1 Å². The van der Waals surface area contributed by atoms with Crippen molar-refractivity contribution in [2.45, 2.75) is 25.8 Å². The summed E-state index contributed by atoms with van der Waals surface area (Å²) in [6, 6.07) is 5.77. The lowest BCUT2D eigenvalue weighted by atomic mass is 10.1. The maximum Gasteiger partial charge on any atom is 0.261 e. The van der Waals surface area contributed by atoms with Crippen LogP contribution in [0.1, 0.15) is 33.0 Å². The fourth-order valence-electron chi connectivity index (χ4n) is 2.56. The molecule has 2 aromatic heterocycles. The maximum absolute atomic E-state index is 12.2. The zero-order valence-electron chi connectivity index (χ0n) is 12.2. The van der Waals surface area contributed by atoms with E-state index in [1.165, 1.54) is 21.8 Å². The standard InChI is InChI=1S/C16H18N2O2S2/c19-15(18-8-5-13-12(11-18)6-10-22-13)4-1-7-17-16(20)14-3-2-9-21-14/h2-3,6,9-10H,1,4-5,7-8,11H2,(H,17,20). The number of nitrogens with one attached hydrogen (secondary N) is 1. The van der Waals surface area contributed by atoms with Crippen LogP contribution in [0.15, 0.2) is 29.0 Å². The summed E-state index contributed by atoms with van der Waals surface area (Å²) in [5.41, 5.74) is 1.29. The minimum Gasteiger partial charge on any atom is -0.351 e. The lowest BCUT2D eigenvalue weighted by molar-refractivity contribution is -0.132. The van der Waals surface area contributed by atoms with Gasteiger partial charge < -0.3 is 10.2 Å². The molecule has 1 N–H and O–H groups in total. The first-order chi connectivity index (χ1) is 10.7. The van der Waals surface area contributed by atoms with Gasteiger partial charge in [-0.2, -0.15) is 0 Å². The van der Waals surface area contributed by atoms with E-state index in [1.807, 2.05) is 16.3 Å². The summed E-state index contributed by atoms with van der Waals surface area (Å²) in [4.78, 5) is 28.0. The molecule has 0 aliphatic carbocycles. The molecule has 116 valence electrons. The number of thiophene rings is 2. The summed E-state index contributed by atoms with van der Waals surface area (Å²) in [6.45, 7) is 2.09. The van der Waals surface area contributed by atoms with Gasteiger partial charge in [-0.3, -0.25) is 9.59 Å². The molecular formula is C16H18N2O2S2. The van der Waals surface area contributed by atoms with Gasteiger partial charge in [0.15, 0.2) is 0 Å². The average Bonchev–Trinajstić information content (AvgIpc) is 3.20. The summed E-state index contributed by atoms with van der Waals surface area (Å²) in [5, 5.41) is 6.84. The lowest BCUT2D eigenvalue weighted by Crippen LogP contribution is -2.35. The van der Waals surface area contributed by atoms with E-state index in [2.05, 4.69) is 16.8 Å². The summed E-state index contributed by atoms with van der Waals surface area (Å²) >= 11 is 3.20. The van der Waals surface area contributed by atoms with E-state index in [9.17, 15) is 9.59 Å². The van der Waals surface area contributed by atoms with Crippen molar-refractivity contribution < 1.29 is 9.59 Å². The number of hydrogen-bond acceptors (Lipinski definition) is 4. The molecule has 1 aliphatic rings. The Hall–Kier alpha value is -1.66. The first kappa shape index (κ1) is 15.2. The minimum atomic E-state index is -0.0525. The van der Waals surface area contributed by atoms with Crippen LogP contribution in [0.5, 0.6) is 0 Å². The predicted octanol–water partition coefficient (Wildman–Crippen LogP) is 2.90. The van der Waals surface area contributed by atoms with E-state index in [1.54, 1.807) is 17.4 Å². The highest BCUT2D eigenvalue weighted by Gasteiger charge is 2.20. The van der Waals surface area contributed by atoms with E-state index in [0.29, 0.717) is 24.3 Å². The molecule has 0 fully saturated rings. The third kappa shape index (κ3) is 3.56. The van der Waals surface area contributed by atoms with Gasteiger partial charge in [0.1, 0.15) is 0 Å². The predicted molar refractivity (Wildman–Crippen MR) is 89.3 cm³/mol. The molecule has 2 aromatic rings. The van der Waals surface area contributed by atoms with E-state index in [4.69, 9.17) is 0 Å². The summed E-state index contributed by atoms with van der Waals surface area (Å²) in [5.74, 6) is 0.130. The SMILES string of the molecule is O=C(NCCCC(=O)N1CCc2sccc2C1)c1cccs1. The molecule has 0 radical (unpaired) electrons. The number of hydrogen-bond donors (Lipinski definition) is 1. The van der Waals surface area contributed by atoms with Crippen LogP contribution in [0.4, 0.5) is 0 Å². The van der Waals surface area contributed by atoms with Crippen LogP contribution in [0.2, 0.25) is 0 Å². The van der Waals surface area contributed by atoms with E-state index >= 15 is 0 Å². The van der Waals surface area contributed by atoms with Crippen LogP contribution in [0.25, 0.3) is 0 Å². The summed E-state index contributed by atoms with van der Waals surface area (Å²) in [6.07, 6.45) is 2.14. The molecule has 3 rings (SSSR count). The largest absolute Gasteiger partial charge is 0.351 e. The highest BCUT2D eigenvalue weighted by atomic mass is 32.1. The molecule has 0 aromatic carbocycles. The number of carbonyl (C=O) groups excluding carboxylic acids is 2. The number of rotatable bonds is 5. The highest BCUT2D eigenvalue weighted by Crippen LogP contribution is 2.24. The van der Waals surface area contributed by atoms with Crippen LogP contribution < -0.4 is 5.32 Å². The zero-order chi connectivity index (χ0) is 15.4. The topological polar surface area (TPSA) is 49.4 Å². The van der Waals surface area contributed by atoms with E-state index in [-0.39, 0.29) is 11.8 Å². The van der Waals surface area contributed by atoms with Gasteiger partial charge in [-0.25, -0.2) is 0 Å². The fourth-order valence-corrected chi connectivity index (χ4v) is 4.09. The van der Waals surface area contributed by atoms with E-state index < -0.39 is 0 Å². The maximum atomic E-state index is 12.2. The molecule has 0 bridgehead atoms. The van der Waals surface area contributed by atoms with Crippen molar-refractivity contribution >= 4 is 34.5 Å². The molecule has 2 amide bonds. The molecule has 0 unspecified atom stereocenters. The van der Waals surface area contributed by atoms with Gasteiger partial charge in [-0.15, -0.1) is 22.7 Å². The van der Waals surface area contributed by atoms with Crippen molar-refractivity contribution in [3.05, 3.63) is 44.3 Å². The zero-order valence-corrected chi connectivity index (χ0v) is 13.8. The Morgan fingerprint density at radius 1 is 1.23 bits per heavy atom. The lowest BCUT2D eigenvalue weighted by Gasteiger charge is -2.27. The number of carbonyl (C=O) groups is 2. The molecule has 0 saturated carbocycles. The van der Waals surface area contributed by atoms with Crippen molar-refractivity contribution in [3.63, 3.8) is 0 Å². The summed E-state index contributed by atoms with van der Waals surface area (Å²) < 4.78 is 0. The van der Waals surface area contributed by atoms with Gasteiger partial charge in [0.25, 0.3) is 5.91 Å². The van der Waals surface area contributed by atoms with E-state index in [0.717, 1.165) is 19.5 Å². The Kier molecular flexibility index (Phi) is 4.90. The number of fused-ring (bicyclic) bond motifs is 1. The minimum absolute atomic E-state index is 0.0525. The first-order valence-electron chi connectivity index (χ1n) is 7.39. The quantitative estimate of drug-likeness (QED) is 0.855. The molecule has 4 nitrogen and oxygen atoms in total. The third-order valence-electron chi connectivity index (χ3n) is 3.76. The normalized spacial score (nSPS) is 13.7. The molecule has 6 heteroatoms. The van der Waals surface area contributed by atoms with Crippen LogP contribution in [0, 0.1) is 0 Å². The van der Waals surface area contributed by atoms with Crippen LogP contribution >= 0.6 is 22.7 Å². The fraction of sp³-hybridized carbons (Fsp3) is 0.375. The number of amides is 2. The van der Waals surface area contributed by atoms with Gasteiger partial charge in [0, 0.05) is 30.9 Å². The molecule has 1 aliphatic heterocycles.